The Kier molecular flexibility index (Phi) is 5.68. The summed E-state index contributed by atoms with van der Waals surface area (Å²) in [5.74, 6) is 2.07. The molecule has 2 aromatic rings. The lowest BCUT2D eigenvalue weighted by Gasteiger charge is -2.24. The number of hydrogen-bond donors (Lipinski definition) is 1. The van der Waals surface area contributed by atoms with E-state index in [0.29, 0.717) is 6.54 Å². The maximum atomic E-state index is 12.2. The van der Waals surface area contributed by atoms with Gasteiger partial charge in [0.2, 0.25) is 0 Å². The molecule has 0 spiro atoms. The Morgan fingerprint density at radius 1 is 1.19 bits per heavy atom. The highest BCUT2D eigenvalue weighted by atomic mass is 16.6. The molecule has 7 heteroatoms. The number of nitrogens with zero attached hydrogens (tertiary/aromatic N) is 4. The van der Waals surface area contributed by atoms with Crippen LogP contribution in [-0.2, 0) is 24.2 Å². The van der Waals surface area contributed by atoms with Gasteiger partial charge in [-0.25, -0.2) is 4.79 Å². The number of aryl methyl sites for hydroxylation is 1. The van der Waals surface area contributed by atoms with Crippen LogP contribution in [0.15, 0.2) is 24.3 Å². The van der Waals surface area contributed by atoms with Crippen LogP contribution in [0.5, 0.6) is 0 Å². The summed E-state index contributed by atoms with van der Waals surface area (Å²) in [5, 5.41) is 12.1. The van der Waals surface area contributed by atoms with Crippen LogP contribution in [0.3, 0.4) is 0 Å². The third-order valence-corrected chi connectivity index (χ3v) is 4.56. The molecule has 146 valence electrons. The van der Waals surface area contributed by atoms with E-state index in [9.17, 15) is 4.79 Å². The molecule has 1 N–H and O–H groups in total. The van der Waals surface area contributed by atoms with Crippen molar-refractivity contribution < 1.29 is 9.53 Å². The predicted octanol–water partition coefficient (Wildman–Crippen LogP) is 3.99. The van der Waals surface area contributed by atoms with Gasteiger partial charge in [0.25, 0.3) is 0 Å². The van der Waals surface area contributed by atoms with Gasteiger partial charge in [-0.15, -0.1) is 10.2 Å². The molecule has 0 saturated heterocycles. The standard InChI is InChI=1S/C20H29N5O2/c1-20(2,3)27-19(26)24(4)16-11-9-15(10-12-16)21-14-18-23-22-17-8-6-5-7-13-25(17)18/h9-12,21H,5-8,13-14H2,1-4H3. The topological polar surface area (TPSA) is 72.3 Å². The Morgan fingerprint density at radius 3 is 2.63 bits per heavy atom. The highest BCUT2D eigenvalue weighted by Crippen LogP contribution is 2.20. The SMILES string of the molecule is CN(C(=O)OC(C)(C)C)c1ccc(NCc2nnc3n2CCCCC3)cc1. The quantitative estimate of drug-likeness (QED) is 0.880. The largest absolute Gasteiger partial charge is 0.443 e. The van der Waals surface area contributed by atoms with Crippen molar-refractivity contribution in [3.63, 3.8) is 0 Å². The van der Waals surface area contributed by atoms with Crippen molar-refractivity contribution >= 4 is 17.5 Å². The number of nitrogens with one attached hydrogen (secondary N) is 1. The minimum absolute atomic E-state index is 0.366. The maximum absolute atomic E-state index is 12.2. The van der Waals surface area contributed by atoms with Gasteiger partial charge in [0.05, 0.1) is 6.54 Å². The smallest absolute Gasteiger partial charge is 0.414 e. The van der Waals surface area contributed by atoms with Crippen LogP contribution in [0.2, 0.25) is 0 Å². The summed E-state index contributed by atoms with van der Waals surface area (Å²) >= 11 is 0. The number of amides is 1. The third-order valence-electron chi connectivity index (χ3n) is 4.56. The lowest BCUT2D eigenvalue weighted by Crippen LogP contribution is -2.34. The molecular formula is C20H29N5O2. The normalized spacial score (nSPS) is 14.2. The monoisotopic (exact) mass is 371 g/mol. The van der Waals surface area contributed by atoms with Gasteiger partial charge in [-0.2, -0.15) is 0 Å². The minimum Gasteiger partial charge on any atom is -0.443 e. The minimum atomic E-state index is -0.511. The lowest BCUT2D eigenvalue weighted by atomic mass is 10.2. The fraction of sp³-hybridized carbons (Fsp3) is 0.550. The molecule has 0 fully saturated rings. The Labute approximate surface area is 160 Å². The number of anilines is 2. The Bertz CT molecular complexity index is 777. The maximum Gasteiger partial charge on any atom is 0.414 e. The average Bonchev–Trinajstić information content (AvgIpc) is 2.84. The zero-order valence-electron chi connectivity index (χ0n) is 16.7. The van der Waals surface area contributed by atoms with Gasteiger partial charge >= 0.3 is 6.09 Å². The van der Waals surface area contributed by atoms with E-state index in [1.54, 1.807) is 7.05 Å². The van der Waals surface area contributed by atoms with Crippen molar-refractivity contribution in [3.05, 3.63) is 35.9 Å². The van der Waals surface area contributed by atoms with Crippen LogP contribution in [0.25, 0.3) is 0 Å². The third kappa shape index (κ3) is 4.99. The van der Waals surface area contributed by atoms with Crippen LogP contribution >= 0.6 is 0 Å². The van der Waals surface area contributed by atoms with E-state index >= 15 is 0 Å². The summed E-state index contributed by atoms with van der Waals surface area (Å²) in [6.45, 7) is 7.21. The fourth-order valence-electron chi connectivity index (χ4n) is 3.10. The Balaban J connectivity index is 1.60. The highest BCUT2D eigenvalue weighted by Gasteiger charge is 2.20. The van der Waals surface area contributed by atoms with E-state index in [1.807, 2.05) is 45.0 Å². The molecule has 2 heterocycles. The van der Waals surface area contributed by atoms with E-state index in [-0.39, 0.29) is 6.09 Å². The predicted molar refractivity (Wildman–Crippen MR) is 106 cm³/mol. The number of rotatable bonds is 4. The number of fused-ring (bicyclic) bond motifs is 1. The first-order chi connectivity index (χ1) is 12.8. The molecule has 27 heavy (non-hydrogen) atoms. The number of carbonyl (C=O) groups is 1. The summed E-state index contributed by atoms with van der Waals surface area (Å²) in [4.78, 5) is 13.7. The van der Waals surface area contributed by atoms with Crippen LogP contribution in [0.4, 0.5) is 16.2 Å². The molecule has 1 aliphatic heterocycles. The Morgan fingerprint density at radius 2 is 1.93 bits per heavy atom. The van der Waals surface area contributed by atoms with Crippen molar-refractivity contribution in [3.8, 4) is 0 Å². The molecule has 0 radical (unpaired) electrons. The first-order valence-electron chi connectivity index (χ1n) is 9.55. The Hall–Kier alpha value is -2.57. The first-order valence-corrected chi connectivity index (χ1v) is 9.55. The summed E-state index contributed by atoms with van der Waals surface area (Å²) in [6.07, 6.45) is 4.28. The number of ether oxygens (including phenoxy) is 1. The number of benzene rings is 1. The molecule has 0 bridgehead atoms. The first kappa shape index (κ1) is 19.2. The van der Waals surface area contributed by atoms with Crippen molar-refractivity contribution in [2.45, 2.75) is 65.1 Å². The number of hydrogen-bond acceptors (Lipinski definition) is 5. The molecule has 7 nitrogen and oxygen atoms in total. The molecule has 0 atom stereocenters. The van der Waals surface area contributed by atoms with E-state index in [4.69, 9.17) is 4.74 Å². The van der Waals surface area contributed by atoms with E-state index in [1.165, 1.54) is 24.2 Å². The van der Waals surface area contributed by atoms with Crippen molar-refractivity contribution in [2.75, 3.05) is 17.3 Å². The lowest BCUT2D eigenvalue weighted by molar-refractivity contribution is 0.0589. The van der Waals surface area contributed by atoms with Crippen LogP contribution in [0.1, 0.15) is 51.7 Å². The van der Waals surface area contributed by atoms with E-state index in [0.717, 1.165) is 36.0 Å². The second-order valence-corrected chi connectivity index (χ2v) is 7.93. The average molecular weight is 371 g/mol. The van der Waals surface area contributed by atoms with Crippen molar-refractivity contribution in [1.82, 2.24) is 14.8 Å². The molecule has 0 unspecified atom stereocenters. The molecular weight excluding hydrogens is 342 g/mol. The molecule has 1 aromatic carbocycles. The van der Waals surface area contributed by atoms with Gasteiger partial charge in [0.15, 0.2) is 5.82 Å². The van der Waals surface area contributed by atoms with Gasteiger partial charge in [-0.1, -0.05) is 6.42 Å². The van der Waals surface area contributed by atoms with Gasteiger partial charge in [-0.05, 0) is 57.9 Å². The van der Waals surface area contributed by atoms with E-state index < -0.39 is 5.60 Å². The molecule has 3 rings (SSSR count). The summed E-state index contributed by atoms with van der Waals surface area (Å²) < 4.78 is 7.64. The van der Waals surface area contributed by atoms with Gasteiger partial charge in [-0.3, -0.25) is 4.90 Å². The number of aromatic nitrogens is 3. The second kappa shape index (κ2) is 7.98. The fourth-order valence-corrected chi connectivity index (χ4v) is 3.10. The molecule has 1 aromatic heterocycles. The second-order valence-electron chi connectivity index (χ2n) is 7.93. The van der Waals surface area contributed by atoms with Crippen LogP contribution in [-0.4, -0.2) is 33.5 Å². The summed E-state index contributed by atoms with van der Waals surface area (Å²) in [5.41, 5.74) is 1.25. The summed E-state index contributed by atoms with van der Waals surface area (Å²) in [6, 6.07) is 7.71. The highest BCUT2D eigenvalue weighted by molar-refractivity contribution is 5.87. The molecule has 1 aliphatic rings. The van der Waals surface area contributed by atoms with E-state index in [2.05, 4.69) is 20.1 Å². The molecule has 0 aliphatic carbocycles. The van der Waals surface area contributed by atoms with Crippen LogP contribution in [0, 0.1) is 0 Å². The van der Waals surface area contributed by atoms with Crippen LogP contribution < -0.4 is 10.2 Å². The van der Waals surface area contributed by atoms with Crippen molar-refractivity contribution in [2.24, 2.45) is 0 Å². The number of carbonyl (C=O) groups excluding carboxylic acids is 1. The van der Waals surface area contributed by atoms with Crippen molar-refractivity contribution in [1.29, 1.82) is 0 Å². The van der Waals surface area contributed by atoms with Gasteiger partial charge in [0, 0.05) is 31.4 Å². The zero-order chi connectivity index (χ0) is 19.4. The molecule has 0 saturated carbocycles. The summed E-state index contributed by atoms with van der Waals surface area (Å²) in [7, 11) is 1.71. The molecule has 1 amide bonds. The zero-order valence-corrected chi connectivity index (χ0v) is 16.7. The van der Waals surface area contributed by atoms with Gasteiger partial charge < -0.3 is 14.6 Å². The van der Waals surface area contributed by atoms with Gasteiger partial charge in [0.1, 0.15) is 11.4 Å².